The van der Waals surface area contributed by atoms with Gasteiger partial charge in [0, 0.05) is 37.7 Å². The van der Waals surface area contributed by atoms with Crippen LogP contribution in [0.5, 0.6) is 0 Å². The van der Waals surface area contributed by atoms with Gasteiger partial charge in [-0.15, -0.1) is 0 Å². The molecule has 1 atom stereocenters. The first-order valence-corrected chi connectivity index (χ1v) is 7.78. The quantitative estimate of drug-likeness (QED) is 0.937. The molecule has 0 bridgehead atoms. The molecule has 1 fully saturated rings. The second-order valence-corrected chi connectivity index (χ2v) is 5.90. The van der Waals surface area contributed by atoms with Crippen molar-refractivity contribution in [2.75, 3.05) is 18.0 Å². The molecule has 7 heteroatoms. The fraction of sp³-hybridized carbons (Fsp3) is 0.312. The van der Waals surface area contributed by atoms with Gasteiger partial charge in [0.25, 0.3) is 5.91 Å². The van der Waals surface area contributed by atoms with Crippen molar-refractivity contribution in [3.63, 3.8) is 0 Å². The summed E-state index contributed by atoms with van der Waals surface area (Å²) in [6, 6.07) is 4.62. The van der Waals surface area contributed by atoms with E-state index in [9.17, 15) is 9.18 Å². The Labute approximate surface area is 138 Å². The molecule has 1 aliphatic heterocycles. The zero-order valence-electron chi connectivity index (χ0n) is 12.4. The van der Waals surface area contributed by atoms with Gasteiger partial charge >= 0.3 is 0 Å². The number of aromatic nitrogens is 2. The predicted octanol–water partition coefficient (Wildman–Crippen LogP) is 2.67. The monoisotopic (exact) mass is 334 g/mol. The number of hydrogen-bond acceptors (Lipinski definition) is 4. The third-order valence-electron chi connectivity index (χ3n) is 3.77. The number of halogens is 2. The summed E-state index contributed by atoms with van der Waals surface area (Å²) in [6.07, 6.45) is 6.27. The molecule has 120 valence electrons. The predicted molar refractivity (Wildman–Crippen MR) is 86.1 cm³/mol. The standard InChI is InChI=1S/C16H16ClFN4O/c17-12-7-14(18)15(20-9-12)22-6-2-4-13(10-22)21-16(23)11-3-1-5-19-8-11/h1,3,5,7-9,13H,2,4,6,10H2,(H,21,23). The van der Waals surface area contributed by atoms with Crippen LogP contribution in [0.2, 0.25) is 5.02 Å². The van der Waals surface area contributed by atoms with E-state index in [1.807, 2.05) is 4.90 Å². The summed E-state index contributed by atoms with van der Waals surface area (Å²) in [5, 5.41) is 3.24. The lowest BCUT2D eigenvalue weighted by atomic mass is 10.1. The second-order valence-electron chi connectivity index (χ2n) is 5.46. The molecule has 0 aliphatic carbocycles. The molecule has 1 N–H and O–H groups in total. The number of nitrogens with zero attached hydrogens (tertiary/aromatic N) is 3. The first-order valence-electron chi connectivity index (χ1n) is 7.40. The van der Waals surface area contributed by atoms with Crippen molar-refractivity contribution in [1.29, 1.82) is 0 Å². The van der Waals surface area contributed by atoms with Crippen LogP contribution in [0.25, 0.3) is 0 Å². The van der Waals surface area contributed by atoms with E-state index in [2.05, 4.69) is 15.3 Å². The second kappa shape index (κ2) is 6.91. The molecule has 1 aliphatic rings. The molecular weight excluding hydrogens is 319 g/mol. The summed E-state index contributed by atoms with van der Waals surface area (Å²) in [4.78, 5) is 22.0. The lowest BCUT2D eigenvalue weighted by Gasteiger charge is -2.34. The number of pyridine rings is 2. The molecule has 0 saturated carbocycles. The maximum absolute atomic E-state index is 14.0. The number of rotatable bonds is 3. The van der Waals surface area contributed by atoms with Crippen molar-refractivity contribution in [1.82, 2.24) is 15.3 Å². The molecule has 1 saturated heterocycles. The minimum absolute atomic E-state index is 0.0617. The molecule has 0 aromatic carbocycles. The average Bonchev–Trinajstić information content (AvgIpc) is 2.56. The average molecular weight is 335 g/mol. The maximum atomic E-state index is 14.0. The molecule has 1 amide bonds. The number of carbonyl (C=O) groups excluding carboxylic acids is 1. The molecule has 3 rings (SSSR count). The Bertz CT molecular complexity index is 698. The van der Waals surface area contributed by atoms with Crippen LogP contribution in [0.15, 0.2) is 36.8 Å². The van der Waals surface area contributed by atoms with Crippen molar-refractivity contribution >= 4 is 23.3 Å². The Morgan fingerprint density at radius 3 is 3.04 bits per heavy atom. The molecule has 23 heavy (non-hydrogen) atoms. The fourth-order valence-electron chi connectivity index (χ4n) is 2.69. The third-order valence-corrected chi connectivity index (χ3v) is 3.97. The van der Waals surface area contributed by atoms with Gasteiger partial charge < -0.3 is 10.2 Å². The Morgan fingerprint density at radius 2 is 2.30 bits per heavy atom. The van der Waals surface area contributed by atoms with Gasteiger partial charge in [-0.25, -0.2) is 9.37 Å². The van der Waals surface area contributed by atoms with Gasteiger partial charge in [-0.2, -0.15) is 0 Å². The number of nitrogens with one attached hydrogen (secondary N) is 1. The Morgan fingerprint density at radius 1 is 1.43 bits per heavy atom. The van der Waals surface area contributed by atoms with E-state index in [4.69, 9.17) is 11.6 Å². The summed E-state index contributed by atoms with van der Waals surface area (Å²) < 4.78 is 14.0. The van der Waals surface area contributed by atoms with Crippen molar-refractivity contribution < 1.29 is 9.18 Å². The maximum Gasteiger partial charge on any atom is 0.253 e. The van der Waals surface area contributed by atoms with Gasteiger partial charge in [-0.3, -0.25) is 9.78 Å². The zero-order chi connectivity index (χ0) is 16.2. The number of hydrogen-bond donors (Lipinski definition) is 1. The molecule has 0 radical (unpaired) electrons. The summed E-state index contributed by atoms with van der Waals surface area (Å²) in [6.45, 7) is 1.21. The zero-order valence-corrected chi connectivity index (χ0v) is 13.1. The smallest absolute Gasteiger partial charge is 0.253 e. The summed E-state index contributed by atoms with van der Waals surface area (Å²) >= 11 is 5.74. The Hall–Kier alpha value is -2.21. The number of piperidine rings is 1. The van der Waals surface area contributed by atoms with Gasteiger partial charge in [0.2, 0.25) is 0 Å². The highest BCUT2D eigenvalue weighted by Crippen LogP contribution is 2.23. The first-order chi connectivity index (χ1) is 11.1. The van der Waals surface area contributed by atoms with Crippen LogP contribution in [0, 0.1) is 5.82 Å². The van der Waals surface area contributed by atoms with E-state index in [-0.39, 0.29) is 22.8 Å². The highest BCUT2D eigenvalue weighted by atomic mass is 35.5. The van der Waals surface area contributed by atoms with Crippen LogP contribution in [-0.4, -0.2) is 35.0 Å². The van der Waals surface area contributed by atoms with E-state index in [1.165, 1.54) is 18.5 Å². The van der Waals surface area contributed by atoms with Crippen molar-refractivity contribution in [2.24, 2.45) is 0 Å². The van der Waals surface area contributed by atoms with Gasteiger partial charge in [-0.05, 0) is 31.0 Å². The van der Waals surface area contributed by atoms with E-state index < -0.39 is 5.82 Å². The van der Waals surface area contributed by atoms with Crippen LogP contribution in [0.1, 0.15) is 23.2 Å². The largest absolute Gasteiger partial charge is 0.352 e. The lowest BCUT2D eigenvalue weighted by Crippen LogP contribution is -2.48. The van der Waals surface area contributed by atoms with E-state index in [0.717, 1.165) is 12.8 Å². The topological polar surface area (TPSA) is 58.1 Å². The molecule has 1 unspecified atom stereocenters. The van der Waals surface area contributed by atoms with Crippen LogP contribution < -0.4 is 10.2 Å². The van der Waals surface area contributed by atoms with E-state index >= 15 is 0 Å². The highest BCUT2D eigenvalue weighted by Gasteiger charge is 2.24. The van der Waals surface area contributed by atoms with Crippen molar-refractivity contribution in [2.45, 2.75) is 18.9 Å². The Kier molecular flexibility index (Phi) is 4.71. The first kappa shape index (κ1) is 15.7. The molecule has 0 spiro atoms. The molecule has 2 aromatic rings. The van der Waals surface area contributed by atoms with E-state index in [1.54, 1.807) is 18.3 Å². The van der Waals surface area contributed by atoms with Gasteiger partial charge in [0.05, 0.1) is 10.6 Å². The molecule has 3 heterocycles. The van der Waals surface area contributed by atoms with Crippen LogP contribution in [0.3, 0.4) is 0 Å². The lowest BCUT2D eigenvalue weighted by molar-refractivity contribution is 0.0932. The summed E-state index contributed by atoms with van der Waals surface area (Å²) in [7, 11) is 0. The van der Waals surface area contributed by atoms with E-state index in [0.29, 0.717) is 18.7 Å². The van der Waals surface area contributed by atoms with Crippen LogP contribution in [0.4, 0.5) is 10.2 Å². The third kappa shape index (κ3) is 3.76. The summed E-state index contributed by atoms with van der Waals surface area (Å²) in [5.41, 5.74) is 0.514. The summed E-state index contributed by atoms with van der Waals surface area (Å²) in [5.74, 6) is -0.346. The number of amides is 1. The fourth-order valence-corrected chi connectivity index (χ4v) is 2.84. The molecule has 5 nitrogen and oxygen atoms in total. The molecule has 2 aromatic heterocycles. The normalized spacial score (nSPS) is 17.8. The number of carbonyl (C=O) groups is 1. The minimum Gasteiger partial charge on any atom is -0.352 e. The Balaban J connectivity index is 1.67. The van der Waals surface area contributed by atoms with Gasteiger partial charge in [-0.1, -0.05) is 11.6 Å². The highest BCUT2D eigenvalue weighted by molar-refractivity contribution is 6.30. The number of anilines is 1. The van der Waals surface area contributed by atoms with Crippen molar-refractivity contribution in [3.8, 4) is 0 Å². The van der Waals surface area contributed by atoms with Crippen molar-refractivity contribution in [3.05, 3.63) is 53.2 Å². The molecular formula is C16H16ClFN4O. The van der Waals surface area contributed by atoms with Crippen LogP contribution in [-0.2, 0) is 0 Å². The minimum atomic E-state index is -0.447. The van der Waals surface area contributed by atoms with Gasteiger partial charge in [0.1, 0.15) is 0 Å². The SMILES string of the molecule is O=C(NC1CCCN(c2ncc(Cl)cc2F)C1)c1cccnc1. The van der Waals surface area contributed by atoms with Crippen LogP contribution >= 0.6 is 11.6 Å². The van der Waals surface area contributed by atoms with Gasteiger partial charge in [0.15, 0.2) is 11.6 Å².